The number of hydrogen-bond acceptors (Lipinski definition) is 4. The van der Waals surface area contributed by atoms with Crippen LogP contribution in [0.4, 0.5) is 0 Å². The van der Waals surface area contributed by atoms with Gasteiger partial charge in [0.2, 0.25) is 0 Å². The average molecular weight is 325 g/mol. The number of likely N-dealkylation sites (tertiary alicyclic amines) is 1. The monoisotopic (exact) mass is 325 g/mol. The fraction of sp³-hybridized carbons (Fsp3) is 0.556. The zero-order valence-electron chi connectivity index (χ0n) is 13.8. The van der Waals surface area contributed by atoms with Gasteiger partial charge in [0.15, 0.2) is 0 Å². The number of rotatable bonds is 2. The van der Waals surface area contributed by atoms with Crippen LogP contribution >= 0.6 is 0 Å². The highest BCUT2D eigenvalue weighted by atomic mass is 16.1. The fourth-order valence-electron chi connectivity index (χ4n) is 4.68. The predicted octanol–water partition coefficient (Wildman–Crippen LogP) is 0.767. The Balaban J connectivity index is 1.37. The van der Waals surface area contributed by atoms with Crippen molar-refractivity contribution < 1.29 is 0 Å². The Morgan fingerprint density at radius 3 is 3.12 bits per heavy atom. The summed E-state index contributed by atoms with van der Waals surface area (Å²) in [5, 5.41) is 8.18. The van der Waals surface area contributed by atoms with Crippen LogP contribution in [0.1, 0.15) is 29.4 Å². The van der Waals surface area contributed by atoms with Gasteiger partial charge in [0, 0.05) is 56.9 Å². The molecule has 126 valence electrons. The van der Waals surface area contributed by atoms with Gasteiger partial charge in [-0.1, -0.05) is 6.07 Å². The van der Waals surface area contributed by atoms with Crippen LogP contribution in [0.25, 0.3) is 0 Å². The predicted molar refractivity (Wildman–Crippen MR) is 90.8 cm³/mol. The molecule has 1 saturated heterocycles. The quantitative estimate of drug-likeness (QED) is 0.886. The van der Waals surface area contributed by atoms with E-state index in [-0.39, 0.29) is 5.56 Å². The Kier molecular flexibility index (Phi) is 3.35. The highest BCUT2D eigenvalue weighted by molar-refractivity contribution is 5.18. The van der Waals surface area contributed by atoms with Gasteiger partial charge >= 0.3 is 0 Å². The summed E-state index contributed by atoms with van der Waals surface area (Å²) in [6, 6.07) is 7.97. The van der Waals surface area contributed by atoms with Crippen molar-refractivity contribution in [3.05, 3.63) is 51.7 Å². The van der Waals surface area contributed by atoms with E-state index >= 15 is 0 Å². The third-order valence-corrected chi connectivity index (χ3v) is 5.66. The van der Waals surface area contributed by atoms with Gasteiger partial charge in [0.05, 0.1) is 17.9 Å². The van der Waals surface area contributed by atoms with Gasteiger partial charge in [-0.3, -0.25) is 14.4 Å². The molecule has 0 aromatic carbocycles. The van der Waals surface area contributed by atoms with E-state index in [1.165, 1.54) is 23.5 Å². The maximum Gasteiger partial charge on any atom is 0.250 e. The van der Waals surface area contributed by atoms with E-state index in [1.807, 2.05) is 10.6 Å². The summed E-state index contributed by atoms with van der Waals surface area (Å²) in [6.45, 7) is 6.78. The Morgan fingerprint density at radius 1 is 1.25 bits per heavy atom. The van der Waals surface area contributed by atoms with E-state index in [0.29, 0.717) is 11.8 Å². The first kappa shape index (κ1) is 14.4. The van der Waals surface area contributed by atoms with Gasteiger partial charge < -0.3 is 9.88 Å². The van der Waals surface area contributed by atoms with E-state index in [1.54, 1.807) is 6.07 Å². The fourth-order valence-corrected chi connectivity index (χ4v) is 4.68. The van der Waals surface area contributed by atoms with Gasteiger partial charge in [0.25, 0.3) is 5.56 Å². The van der Waals surface area contributed by atoms with E-state index in [9.17, 15) is 4.79 Å². The number of nitrogens with one attached hydrogen (secondary N) is 1. The third kappa shape index (κ3) is 2.41. The molecule has 0 spiro atoms. The van der Waals surface area contributed by atoms with Crippen molar-refractivity contribution in [1.29, 1.82) is 0 Å². The van der Waals surface area contributed by atoms with Gasteiger partial charge in [-0.05, 0) is 24.5 Å². The summed E-state index contributed by atoms with van der Waals surface area (Å²) in [4.78, 5) is 14.6. The zero-order valence-corrected chi connectivity index (χ0v) is 13.8. The van der Waals surface area contributed by atoms with Crippen LogP contribution in [0, 0.1) is 5.92 Å². The van der Waals surface area contributed by atoms with Crippen LogP contribution in [0.3, 0.4) is 0 Å². The van der Waals surface area contributed by atoms with Gasteiger partial charge in [-0.2, -0.15) is 5.10 Å². The molecule has 6 nitrogen and oxygen atoms in total. The molecule has 2 bridgehead atoms. The number of hydrogen-bond donors (Lipinski definition) is 1. The molecule has 2 aromatic rings. The van der Waals surface area contributed by atoms with Crippen LogP contribution in [-0.4, -0.2) is 38.9 Å². The van der Waals surface area contributed by atoms with E-state index in [4.69, 9.17) is 5.10 Å². The molecular formula is C18H23N5O. The summed E-state index contributed by atoms with van der Waals surface area (Å²) < 4.78 is 4.14. The van der Waals surface area contributed by atoms with Crippen LogP contribution in [0.15, 0.2) is 29.1 Å². The van der Waals surface area contributed by atoms with Crippen LogP contribution in [0.5, 0.6) is 0 Å². The molecule has 0 amide bonds. The number of piperidine rings is 1. The largest absolute Gasteiger partial charge is 0.312 e. The molecule has 1 N–H and O–H groups in total. The standard InChI is InChI=1S/C18H23N5O/c24-18-3-1-2-17-14-6-13(10-22(17)18)9-21(11-14)12-15-7-16-8-19-4-5-23(16)20-15/h1-3,7,13-14,19H,4-6,8-12H2. The van der Waals surface area contributed by atoms with Crippen molar-refractivity contribution in [3.8, 4) is 0 Å². The Labute approximate surface area is 141 Å². The first-order valence-electron chi connectivity index (χ1n) is 8.95. The van der Waals surface area contributed by atoms with Crippen LogP contribution < -0.4 is 10.9 Å². The van der Waals surface area contributed by atoms with Gasteiger partial charge in [0.1, 0.15) is 0 Å². The van der Waals surface area contributed by atoms with Crippen molar-refractivity contribution >= 4 is 0 Å². The van der Waals surface area contributed by atoms with Crippen molar-refractivity contribution in [1.82, 2.24) is 24.6 Å². The smallest absolute Gasteiger partial charge is 0.250 e. The van der Waals surface area contributed by atoms with E-state index in [2.05, 4.69) is 27.0 Å². The third-order valence-electron chi connectivity index (χ3n) is 5.66. The second-order valence-corrected chi connectivity index (χ2v) is 7.42. The van der Waals surface area contributed by atoms with E-state index in [0.717, 1.165) is 45.8 Å². The maximum absolute atomic E-state index is 12.1. The lowest BCUT2D eigenvalue weighted by molar-refractivity contribution is 0.113. The van der Waals surface area contributed by atoms with Crippen molar-refractivity contribution in [2.45, 2.75) is 38.5 Å². The normalized spacial score (nSPS) is 26.0. The topological polar surface area (TPSA) is 55.1 Å². The Bertz CT molecular complexity index is 800. The lowest BCUT2D eigenvalue weighted by atomic mass is 9.83. The number of fused-ring (bicyclic) bond motifs is 5. The minimum Gasteiger partial charge on any atom is -0.312 e. The SMILES string of the molecule is O=c1cccc2n1CC1CC2CN(Cc2cc3n(n2)CCNC3)C1. The van der Waals surface area contributed by atoms with E-state index < -0.39 is 0 Å². The number of nitrogens with zero attached hydrogens (tertiary/aromatic N) is 4. The summed E-state index contributed by atoms with van der Waals surface area (Å²) in [6.07, 6.45) is 1.21. The zero-order chi connectivity index (χ0) is 16.1. The molecular weight excluding hydrogens is 302 g/mol. The average Bonchev–Trinajstić information content (AvgIpc) is 2.98. The Hall–Kier alpha value is -1.92. The maximum atomic E-state index is 12.1. The summed E-state index contributed by atoms with van der Waals surface area (Å²) in [5.41, 5.74) is 3.85. The molecule has 0 radical (unpaired) electrons. The highest BCUT2D eigenvalue weighted by Gasteiger charge is 2.34. The van der Waals surface area contributed by atoms with Gasteiger partial charge in [-0.25, -0.2) is 0 Å². The molecule has 0 aliphatic carbocycles. The minimum absolute atomic E-state index is 0.157. The molecule has 1 fully saturated rings. The van der Waals surface area contributed by atoms with Crippen molar-refractivity contribution in [2.24, 2.45) is 5.92 Å². The van der Waals surface area contributed by atoms with Crippen LogP contribution in [0.2, 0.25) is 0 Å². The summed E-state index contributed by atoms with van der Waals surface area (Å²) in [5.74, 6) is 1.06. The number of aromatic nitrogens is 3. The highest BCUT2D eigenvalue weighted by Crippen LogP contribution is 2.35. The molecule has 24 heavy (non-hydrogen) atoms. The van der Waals surface area contributed by atoms with Crippen LogP contribution in [-0.2, 0) is 26.2 Å². The first-order chi connectivity index (χ1) is 11.8. The minimum atomic E-state index is 0.157. The molecule has 2 aromatic heterocycles. The van der Waals surface area contributed by atoms with Crippen molar-refractivity contribution in [2.75, 3.05) is 19.6 Å². The molecule has 3 aliphatic rings. The van der Waals surface area contributed by atoms with Gasteiger partial charge in [-0.15, -0.1) is 0 Å². The molecule has 5 heterocycles. The lowest BCUT2D eigenvalue weighted by Crippen LogP contribution is -2.46. The summed E-state index contributed by atoms with van der Waals surface area (Å²) >= 11 is 0. The number of pyridine rings is 1. The lowest BCUT2D eigenvalue weighted by Gasteiger charge is -2.42. The summed E-state index contributed by atoms with van der Waals surface area (Å²) in [7, 11) is 0. The first-order valence-corrected chi connectivity index (χ1v) is 8.95. The molecule has 6 heteroatoms. The molecule has 2 atom stereocenters. The van der Waals surface area contributed by atoms with Crippen molar-refractivity contribution in [3.63, 3.8) is 0 Å². The second-order valence-electron chi connectivity index (χ2n) is 7.42. The molecule has 0 saturated carbocycles. The molecule has 3 aliphatic heterocycles. The molecule has 2 unspecified atom stereocenters. The molecule has 5 rings (SSSR count). The Morgan fingerprint density at radius 2 is 2.21 bits per heavy atom. The second kappa shape index (κ2) is 5.57.